The third kappa shape index (κ3) is 3.07. The van der Waals surface area contributed by atoms with Crippen molar-refractivity contribution < 1.29 is 8.42 Å². The molecular formula is C15H24N2O2S2. The minimum Gasteiger partial charge on any atom is -0.398 e. The summed E-state index contributed by atoms with van der Waals surface area (Å²) in [5.41, 5.74) is 8.94. The lowest BCUT2D eigenvalue weighted by Gasteiger charge is -2.32. The Morgan fingerprint density at radius 1 is 1.33 bits per heavy atom. The van der Waals surface area contributed by atoms with Crippen LogP contribution in [0.1, 0.15) is 30.0 Å². The highest BCUT2D eigenvalue weighted by Gasteiger charge is 2.32. The van der Waals surface area contributed by atoms with Crippen LogP contribution in [0.4, 0.5) is 5.69 Å². The van der Waals surface area contributed by atoms with Crippen LogP contribution >= 0.6 is 11.8 Å². The molecule has 1 aromatic carbocycles. The Labute approximate surface area is 132 Å². The van der Waals surface area contributed by atoms with Crippen molar-refractivity contribution in [3.05, 3.63) is 22.8 Å². The maximum Gasteiger partial charge on any atom is 0.243 e. The van der Waals surface area contributed by atoms with Crippen molar-refractivity contribution >= 4 is 27.5 Å². The fourth-order valence-electron chi connectivity index (χ4n) is 2.71. The first kappa shape index (κ1) is 16.6. The Bertz CT molecular complexity index is 615. The molecule has 1 aliphatic heterocycles. The highest BCUT2D eigenvalue weighted by Crippen LogP contribution is 2.32. The van der Waals surface area contributed by atoms with Gasteiger partial charge in [-0.05, 0) is 49.9 Å². The zero-order valence-electron chi connectivity index (χ0n) is 13.1. The fraction of sp³-hybridized carbons (Fsp3) is 0.600. The molecule has 1 unspecified atom stereocenters. The summed E-state index contributed by atoms with van der Waals surface area (Å²) in [4.78, 5) is 0.404. The van der Waals surface area contributed by atoms with Gasteiger partial charge in [0.2, 0.25) is 10.0 Å². The lowest BCUT2D eigenvalue weighted by Crippen LogP contribution is -2.42. The van der Waals surface area contributed by atoms with Crippen LogP contribution < -0.4 is 5.73 Å². The quantitative estimate of drug-likeness (QED) is 0.867. The van der Waals surface area contributed by atoms with E-state index in [-0.39, 0.29) is 0 Å². The minimum atomic E-state index is -3.47. The van der Waals surface area contributed by atoms with Gasteiger partial charge in [-0.1, -0.05) is 6.92 Å². The third-order valence-electron chi connectivity index (χ3n) is 4.23. The Morgan fingerprint density at radius 3 is 2.62 bits per heavy atom. The van der Waals surface area contributed by atoms with Gasteiger partial charge < -0.3 is 5.73 Å². The van der Waals surface area contributed by atoms with Crippen molar-refractivity contribution in [1.29, 1.82) is 0 Å². The second-order valence-corrected chi connectivity index (χ2v) is 8.91. The van der Waals surface area contributed by atoms with E-state index in [1.54, 1.807) is 11.2 Å². The third-order valence-corrected chi connectivity index (χ3v) is 7.74. The van der Waals surface area contributed by atoms with E-state index in [9.17, 15) is 8.42 Å². The van der Waals surface area contributed by atoms with E-state index in [1.807, 2.05) is 31.7 Å². The van der Waals surface area contributed by atoms with Crippen molar-refractivity contribution in [2.24, 2.45) is 0 Å². The average Bonchev–Trinajstić information content (AvgIpc) is 2.45. The van der Waals surface area contributed by atoms with E-state index < -0.39 is 10.0 Å². The predicted octanol–water partition coefficient (Wildman–Crippen LogP) is 2.71. The smallest absolute Gasteiger partial charge is 0.243 e. The SMILES string of the molecule is CCC1CN(S(=O)(=O)c2c(C)c(C)cc(N)c2C)CCS1. The van der Waals surface area contributed by atoms with Gasteiger partial charge in [0.25, 0.3) is 0 Å². The topological polar surface area (TPSA) is 63.4 Å². The van der Waals surface area contributed by atoms with E-state index in [2.05, 4.69) is 6.92 Å². The summed E-state index contributed by atoms with van der Waals surface area (Å²) < 4.78 is 27.7. The molecule has 1 saturated heterocycles. The minimum absolute atomic E-state index is 0.385. The van der Waals surface area contributed by atoms with Gasteiger partial charge in [0.05, 0.1) is 4.90 Å². The van der Waals surface area contributed by atoms with Gasteiger partial charge in [-0.3, -0.25) is 0 Å². The molecular weight excluding hydrogens is 304 g/mol. The summed E-state index contributed by atoms with van der Waals surface area (Å²) in [6.45, 7) is 8.85. The molecule has 0 bridgehead atoms. The molecule has 1 atom stereocenters. The number of benzene rings is 1. The number of nitrogens with zero attached hydrogens (tertiary/aromatic N) is 1. The molecule has 0 radical (unpaired) electrons. The first-order chi connectivity index (χ1) is 9.78. The van der Waals surface area contributed by atoms with Crippen molar-refractivity contribution in [3.8, 4) is 0 Å². The van der Waals surface area contributed by atoms with E-state index in [0.29, 0.717) is 34.5 Å². The first-order valence-corrected chi connectivity index (χ1v) is 9.76. The van der Waals surface area contributed by atoms with Crippen molar-refractivity contribution in [1.82, 2.24) is 4.31 Å². The summed E-state index contributed by atoms with van der Waals surface area (Å²) in [5, 5.41) is 0.385. The zero-order chi connectivity index (χ0) is 15.8. The van der Waals surface area contributed by atoms with Crippen molar-refractivity contribution in [3.63, 3.8) is 0 Å². The van der Waals surface area contributed by atoms with Gasteiger partial charge in [0.15, 0.2) is 0 Å². The molecule has 6 heteroatoms. The summed E-state index contributed by atoms with van der Waals surface area (Å²) >= 11 is 1.86. The van der Waals surface area contributed by atoms with Gasteiger partial charge in [-0.15, -0.1) is 0 Å². The van der Waals surface area contributed by atoms with Gasteiger partial charge in [-0.25, -0.2) is 8.42 Å². The number of thioether (sulfide) groups is 1. The fourth-order valence-corrected chi connectivity index (χ4v) is 6.12. The van der Waals surface area contributed by atoms with E-state index in [4.69, 9.17) is 5.73 Å². The number of aryl methyl sites for hydroxylation is 1. The largest absolute Gasteiger partial charge is 0.398 e. The first-order valence-electron chi connectivity index (χ1n) is 7.27. The molecule has 0 saturated carbocycles. The number of hydrogen-bond acceptors (Lipinski definition) is 4. The van der Waals surface area contributed by atoms with Crippen LogP contribution in [0.15, 0.2) is 11.0 Å². The number of sulfonamides is 1. The van der Waals surface area contributed by atoms with Gasteiger partial charge in [0, 0.05) is 29.8 Å². The number of rotatable bonds is 3. The Hall–Kier alpha value is -0.720. The second-order valence-electron chi connectivity index (χ2n) is 5.63. The summed E-state index contributed by atoms with van der Waals surface area (Å²) in [5.74, 6) is 0.858. The maximum absolute atomic E-state index is 13.1. The van der Waals surface area contributed by atoms with Crippen LogP contribution in [-0.4, -0.2) is 36.8 Å². The number of nitrogens with two attached hydrogens (primary N) is 1. The molecule has 0 amide bonds. The van der Waals surface area contributed by atoms with Crippen LogP contribution in [0.25, 0.3) is 0 Å². The van der Waals surface area contributed by atoms with Crippen LogP contribution in [-0.2, 0) is 10.0 Å². The van der Waals surface area contributed by atoms with Crippen LogP contribution in [0.2, 0.25) is 0 Å². The maximum atomic E-state index is 13.1. The lowest BCUT2D eigenvalue weighted by molar-refractivity contribution is 0.415. The molecule has 0 spiro atoms. The van der Waals surface area contributed by atoms with E-state index in [1.165, 1.54) is 0 Å². The van der Waals surface area contributed by atoms with E-state index >= 15 is 0 Å². The monoisotopic (exact) mass is 328 g/mol. The molecule has 1 aromatic rings. The number of hydrogen-bond donors (Lipinski definition) is 1. The summed E-state index contributed by atoms with van der Waals surface area (Å²) in [6, 6.07) is 1.85. The Balaban J connectivity index is 2.50. The summed E-state index contributed by atoms with van der Waals surface area (Å²) in [6.07, 6.45) is 0.991. The Morgan fingerprint density at radius 2 is 2.00 bits per heavy atom. The highest BCUT2D eigenvalue weighted by atomic mass is 32.2. The van der Waals surface area contributed by atoms with Crippen LogP contribution in [0.5, 0.6) is 0 Å². The van der Waals surface area contributed by atoms with Crippen molar-refractivity contribution in [2.45, 2.75) is 44.3 Å². The molecule has 1 heterocycles. The Kier molecular flexibility index (Phi) is 4.90. The van der Waals surface area contributed by atoms with Gasteiger partial charge in [-0.2, -0.15) is 16.1 Å². The molecule has 0 aliphatic carbocycles. The number of nitrogen functional groups attached to an aromatic ring is 1. The number of anilines is 1. The molecule has 4 nitrogen and oxygen atoms in total. The van der Waals surface area contributed by atoms with Gasteiger partial charge in [0.1, 0.15) is 0 Å². The zero-order valence-corrected chi connectivity index (χ0v) is 14.8. The van der Waals surface area contributed by atoms with Crippen LogP contribution in [0.3, 0.4) is 0 Å². The average molecular weight is 329 g/mol. The molecule has 118 valence electrons. The molecule has 2 N–H and O–H groups in total. The van der Waals surface area contributed by atoms with Gasteiger partial charge >= 0.3 is 0 Å². The lowest BCUT2D eigenvalue weighted by atomic mass is 10.1. The highest BCUT2D eigenvalue weighted by molar-refractivity contribution is 8.00. The molecule has 1 aliphatic rings. The second kappa shape index (κ2) is 6.18. The molecule has 21 heavy (non-hydrogen) atoms. The molecule has 1 fully saturated rings. The standard InChI is InChI=1S/C15H24N2O2S2/c1-5-13-9-17(6-7-20-13)21(18,19)15-11(3)10(2)8-14(16)12(15)4/h8,13H,5-7,9,16H2,1-4H3. The molecule has 2 rings (SSSR count). The normalized spacial score (nSPS) is 20.7. The van der Waals surface area contributed by atoms with Crippen LogP contribution in [0, 0.1) is 20.8 Å². The summed E-state index contributed by atoms with van der Waals surface area (Å²) in [7, 11) is -3.47. The predicted molar refractivity (Wildman–Crippen MR) is 90.4 cm³/mol. The van der Waals surface area contributed by atoms with E-state index in [0.717, 1.165) is 23.3 Å². The molecule has 0 aromatic heterocycles. The van der Waals surface area contributed by atoms with Crippen molar-refractivity contribution in [2.75, 3.05) is 24.6 Å².